The molecule has 17 heavy (non-hydrogen) atoms. The highest BCUT2D eigenvalue weighted by molar-refractivity contribution is 7.99. The van der Waals surface area contributed by atoms with Crippen molar-refractivity contribution in [2.45, 2.75) is 16.7 Å². The number of benzene rings is 1. The minimum atomic E-state index is -0.507. The van der Waals surface area contributed by atoms with Crippen LogP contribution in [0.5, 0.6) is 0 Å². The monoisotopic (exact) mass is 251 g/mol. The van der Waals surface area contributed by atoms with Crippen molar-refractivity contribution in [2.75, 3.05) is 0 Å². The summed E-state index contributed by atoms with van der Waals surface area (Å²) in [7, 11) is 0. The van der Waals surface area contributed by atoms with Crippen LogP contribution in [0, 0.1) is 10.1 Å². The average Bonchev–Trinajstić information content (AvgIpc) is 2.81. The Hall–Kier alpha value is -1.86. The fraction of sp³-hybridized carbons (Fsp3) is 0.100. The molecule has 2 aromatic rings. The number of nitro benzene ring substituents is 1. The first kappa shape index (κ1) is 11.6. The summed E-state index contributed by atoms with van der Waals surface area (Å²) in [6.45, 7) is -0.358. The van der Waals surface area contributed by atoms with Crippen molar-refractivity contribution in [1.82, 2.24) is 9.97 Å². The molecular formula is C10H9N3O3S. The van der Waals surface area contributed by atoms with Crippen molar-refractivity contribution in [3.63, 3.8) is 0 Å². The molecule has 0 saturated heterocycles. The van der Waals surface area contributed by atoms with Gasteiger partial charge < -0.3 is 10.1 Å². The van der Waals surface area contributed by atoms with Crippen molar-refractivity contribution >= 4 is 17.4 Å². The molecule has 0 amide bonds. The quantitative estimate of drug-likeness (QED) is 0.640. The first-order valence-corrected chi connectivity index (χ1v) is 5.58. The van der Waals surface area contributed by atoms with Crippen molar-refractivity contribution in [3.8, 4) is 0 Å². The molecule has 0 saturated carbocycles. The number of hydrogen-bond acceptors (Lipinski definition) is 5. The third-order valence-corrected chi connectivity index (χ3v) is 3.01. The van der Waals surface area contributed by atoms with Gasteiger partial charge in [-0.3, -0.25) is 10.1 Å². The van der Waals surface area contributed by atoms with E-state index in [1.54, 1.807) is 24.5 Å². The van der Waals surface area contributed by atoms with E-state index in [1.165, 1.54) is 17.8 Å². The number of nitro groups is 1. The zero-order valence-electron chi connectivity index (χ0n) is 8.66. The number of aliphatic hydroxyl groups is 1. The molecule has 0 aliphatic rings. The van der Waals surface area contributed by atoms with E-state index < -0.39 is 4.92 Å². The van der Waals surface area contributed by atoms with Gasteiger partial charge >= 0.3 is 0 Å². The van der Waals surface area contributed by atoms with Crippen molar-refractivity contribution < 1.29 is 10.0 Å². The van der Waals surface area contributed by atoms with E-state index in [1.807, 2.05) is 0 Å². The fourth-order valence-electron chi connectivity index (χ4n) is 1.35. The Morgan fingerprint density at radius 1 is 1.53 bits per heavy atom. The molecule has 0 atom stereocenters. The fourth-order valence-corrected chi connectivity index (χ4v) is 2.15. The molecule has 0 radical (unpaired) electrons. The van der Waals surface area contributed by atoms with Gasteiger partial charge in [-0.2, -0.15) is 0 Å². The lowest BCUT2D eigenvalue weighted by atomic mass is 10.2. The zero-order valence-corrected chi connectivity index (χ0v) is 9.48. The van der Waals surface area contributed by atoms with E-state index in [9.17, 15) is 10.1 Å². The molecule has 2 N–H and O–H groups in total. The minimum Gasteiger partial charge on any atom is -0.391 e. The standard InChI is InChI=1S/C10H9N3O3S/c14-6-7-5-8(1-2-9(7)13(15)16)17-10-11-3-4-12-10/h1-5,14H,6H2,(H,11,12). The van der Waals surface area contributed by atoms with Crippen LogP contribution in [0.4, 0.5) is 5.69 Å². The highest BCUT2D eigenvalue weighted by Crippen LogP contribution is 2.29. The Balaban J connectivity index is 2.28. The number of aliphatic hydroxyl groups excluding tert-OH is 1. The van der Waals surface area contributed by atoms with Gasteiger partial charge in [0.05, 0.1) is 17.1 Å². The molecule has 7 heteroatoms. The number of H-pyrrole nitrogens is 1. The van der Waals surface area contributed by atoms with Crippen LogP contribution >= 0.6 is 11.8 Å². The molecule has 0 fully saturated rings. The van der Waals surface area contributed by atoms with E-state index in [0.717, 1.165) is 4.90 Å². The Labute approximate surface area is 101 Å². The lowest BCUT2D eigenvalue weighted by Crippen LogP contribution is -1.95. The molecule has 0 aliphatic heterocycles. The number of rotatable bonds is 4. The molecule has 1 heterocycles. The third kappa shape index (κ3) is 2.63. The average molecular weight is 251 g/mol. The number of imidazole rings is 1. The van der Waals surface area contributed by atoms with Crippen LogP contribution in [0.2, 0.25) is 0 Å². The normalized spacial score (nSPS) is 10.4. The molecule has 6 nitrogen and oxygen atoms in total. The van der Waals surface area contributed by atoms with Crippen LogP contribution in [-0.4, -0.2) is 20.0 Å². The second kappa shape index (κ2) is 4.98. The second-order valence-corrected chi connectivity index (χ2v) is 4.26. The lowest BCUT2D eigenvalue weighted by molar-refractivity contribution is -0.385. The Morgan fingerprint density at radius 2 is 2.35 bits per heavy atom. The topological polar surface area (TPSA) is 92.0 Å². The summed E-state index contributed by atoms with van der Waals surface area (Å²) in [6, 6.07) is 4.60. The molecule has 0 bridgehead atoms. The van der Waals surface area contributed by atoms with Gasteiger partial charge in [-0.15, -0.1) is 0 Å². The van der Waals surface area contributed by atoms with Crippen LogP contribution < -0.4 is 0 Å². The van der Waals surface area contributed by atoms with E-state index in [4.69, 9.17) is 5.11 Å². The Kier molecular flexibility index (Phi) is 3.40. The maximum atomic E-state index is 10.7. The number of aromatic amines is 1. The van der Waals surface area contributed by atoms with Crippen molar-refractivity contribution in [3.05, 3.63) is 46.3 Å². The number of nitrogens with one attached hydrogen (secondary N) is 1. The van der Waals surface area contributed by atoms with Gasteiger partial charge in [0.1, 0.15) is 0 Å². The summed E-state index contributed by atoms with van der Waals surface area (Å²) < 4.78 is 0. The highest BCUT2D eigenvalue weighted by atomic mass is 32.2. The smallest absolute Gasteiger partial charge is 0.274 e. The third-order valence-electron chi connectivity index (χ3n) is 2.11. The largest absolute Gasteiger partial charge is 0.391 e. The highest BCUT2D eigenvalue weighted by Gasteiger charge is 2.13. The summed E-state index contributed by atoms with van der Waals surface area (Å²) in [5.74, 6) is 0. The van der Waals surface area contributed by atoms with Gasteiger partial charge in [0.25, 0.3) is 5.69 Å². The second-order valence-electron chi connectivity index (χ2n) is 3.20. The summed E-state index contributed by atoms with van der Waals surface area (Å²) >= 11 is 1.34. The van der Waals surface area contributed by atoms with Crippen LogP contribution in [0.1, 0.15) is 5.56 Å². The number of aromatic nitrogens is 2. The van der Waals surface area contributed by atoms with E-state index >= 15 is 0 Å². The van der Waals surface area contributed by atoms with Crippen LogP contribution in [0.3, 0.4) is 0 Å². The summed E-state index contributed by atoms with van der Waals surface area (Å²) in [5, 5.41) is 20.5. The molecular weight excluding hydrogens is 242 g/mol. The van der Waals surface area contributed by atoms with Crippen molar-refractivity contribution in [2.24, 2.45) is 0 Å². The van der Waals surface area contributed by atoms with E-state index in [0.29, 0.717) is 10.7 Å². The van der Waals surface area contributed by atoms with Crippen molar-refractivity contribution in [1.29, 1.82) is 0 Å². The van der Waals surface area contributed by atoms with E-state index in [2.05, 4.69) is 9.97 Å². The first-order chi connectivity index (χ1) is 8.20. The summed E-state index contributed by atoms with van der Waals surface area (Å²) in [4.78, 5) is 17.9. The van der Waals surface area contributed by atoms with Gasteiger partial charge in [-0.1, -0.05) is 11.8 Å². The number of hydrogen-bond donors (Lipinski definition) is 2. The maximum absolute atomic E-state index is 10.7. The van der Waals surface area contributed by atoms with Gasteiger partial charge in [0.15, 0.2) is 5.16 Å². The predicted molar refractivity (Wildman–Crippen MR) is 61.7 cm³/mol. The first-order valence-electron chi connectivity index (χ1n) is 4.76. The summed E-state index contributed by atoms with van der Waals surface area (Å²) in [5.41, 5.74) is 0.225. The number of nitrogens with zero attached hydrogens (tertiary/aromatic N) is 2. The minimum absolute atomic E-state index is 0.0729. The summed E-state index contributed by atoms with van der Waals surface area (Å²) in [6.07, 6.45) is 3.32. The predicted octanol–water partition coefficient (Wildman–Crippen LogP) is 1.96. The van der Waals surface area contributed by atoms with Gasteiger partial charge in [-0.25, -0.2) is 4.98 Å². The molecule has 88 valence electrons. The maximum Gasteiger partial charge on any atom is 0.274 e. The lowest BCUT2D eigenvalue weighted by Gasteiger charge is -2.02. The molecule has 1 aromatic carbocycles. The SMILES string of the molecule is O=[N+]([O-])c1ccc(Sc2ncc[nH]2)cc1CO. The Morgan fingerprint density at radius 3 is 2.94 bits per heavy atom. The van der Waals surface area contributed by atoms with Crippen LogP contribution in [0.15, 0.2) is 40.6 Å². The molecule has 2 rings (SSSR count). The van der Waals surface area contributed by atoms with Gasteiger partial charge in [-0.05, 0) is 12.1 Å². The van der Waals surface area contributed by atoms with Gasteiger partial charge in [0, 0.05) is 23.4 Å². The molecule has 0 aliphatic carbocycles. The van der Waals surface area contributed by atoms with Gasteiger partial charge in [0.2, 0.25) is 0 Å². The zero-order chi connectivity index (χ0) is 12.3. The van der Waals surface area contributed by atoms with Crippen LogP contribution in [0.25, 0.3) is 0 Å². The van der Waals surface area contributed by atoms with E-state index in [-0.39, 0.29) is 12.3 Å². The molecule has 0 spiro atoms. The molecule has 1 aromatic heterocycles. The van der Waals surface area contributed by atoms with Crippen LogP contribution in [-0.2, 0) is 6.61 Å². The Bertz CT molecular complexity index is 528. The molecule has 0 unspecified atom stereocenters.